The number of rotatable bonds is 3. The van der Waals surface area contributed by atoms with Crippen molar-refractivity contribution < 1.29 is 0 Å². The summed E-state index contributed by atoms with van der Waals surface area (Å²) < 4.78 is 0. The number of benzene rings is 1. The maximum Gasteiger partial charge on any atom is 0.149 e. The van der Waals surface area contributed by atoms with Crippen LogP contribution in [0.3, 0.4) is 0 Å². The lowest BCUT2D eigenvalue weighted by atomic mass is 10.0. The zero-order valence-corrected chi connectivity index (χ0v) is 12.2. The van der Waals surface area contributed by atoms with Gasteiger partial charge in [-0.1, -0.05) is 17.7 Å². The zero-order valence-electron chi connectivity index (χ0n) is 12.2. The Balaban J connectivity index is 2.29. The standard InChI is InChI=1S/C16H18N4/c1-11-5-6-12(2)13(9-11)14-7-8-15(20-19-14)18-16(3,4)10-17/h5-9H,1-4H3,(H,18,20). The van der Waals surface area contributed by atoms with Crippen molar-refractivity contribution in [2.75, 3.05) is 5.32 Å². The molecule has 1 aromatic heterocycles. The molecule has 0 saturated heterocycles. The summed E-state index contributed by atoms with van der Waals surface area (Å²) in [7, 11) is 0. The Morgan fingerprint density at radius 2 is 1.85 bits per heavy atom. The van der Waals surface area contributed by atoms with Crippen molar-refractivity contribution in [2.45, 2.75) is 33.2 Å². The molecule has 0 aliphatic heterocycles. The van der Waals surface area contributed by atoms with E-state index < -0.39 is 5.54 Å². The smallest absolute Gasteiger partial charge is 0.149 e. The van der Waals surface area contributed by atoms with E-state index in [4.69, 9.17) is 5.26 Å². The van der Waals surface area contributed by atoms with Crippen LogP contribution in [0.4, 0.5) is 5.82 Å². The zero-order chi connectivity index (χ0) is 14.8. The van der Waals surface area contributed by atoms with Crippen LogP contribution >= 0.6 is 0 Å². The second-order valence-corrected chi connectivity index (χ2v) is 5.48. The molecular formula is C16H18N4. The van der Waals surface area contributed by atoms with Gasteiger partial charge in [0.2, 0.25) is 0 Å². The van der Waals surface area contributed by atoms with Crippen LogP contribution < -0.4 is 5.32 Å². The molecule has 0 bridgehead atoms. The summed E-state index contributed by atoms with van der Waals surface area (Å²) in [5.74, 6) is 0.602. The highest BCUT2D eigenvalue weighted by Gasteiger charge is 2.16. The van der Waals surface area contributed by atoms with Gasteiger partial charge < -0.3 is 5.32 Å². The number of aromatic nitrogens is 2. The number of nitrogens with one attached hydrogen (secondary N) is 1. The fourth-order valence-corrected chi connectivity index (χ4v) is 1.90. The minimum Gasteiger partial charge on any atom is -0.351 e. The molecule has 0 atom stereocenters. The second-order valence-electron chi connectivity index (χ2n) is 5.48. The van der Waals surface area contributed by atoms with Crippen LogP contribution in [0.25, 0.3) is 11.3 Å². The van der Waals surface area contributed by atoms with E-state index in [1.165, 1.54) is 11.1 Å². The van der Waals surface area contributed by atoms with E-state index >= 15 is 0 Å². The van der Waals surface area contributed by atoms with Gasteiger partial charge in [0.15, 0.2) is 0 Å². The van der Waals surface area contributed by atoms with E-state index in [1.807, 2.05) is 12.1 Å². The lowest BCUT2D eigenvalue weighted by Gasteiger charge is -2.17. The minimum absolute atomic E-state index is 0.602. The molecule has 0 unspecified atom stereocenters. The van der Waals surface area contributed by atoms with Crippen molar-refractivity contribution in [1.29, 1.82) is 5.26 Å². The molecule has 2 rings (SSSR count). The first-order chi connectivity index (χ1) is 9.41. The summed E-state index contributed by atoms with van der Waals surface area (Å²) in [6, 6.07) is 12.2. The normalized spacial score (nSPS) is 10.9. The molecule has 1 aromatic carbocycles. The van der Waals surface area contributed by atoms with Crippen molar-refractivity contribution >= 4 is 5.82 Å². The number of aryl methyl sites for hydroxylation is 2. The Labute approximate surface area is 119 Å². The van der Waals surface area contributed by atoms with Crippen LogP contribution in [-0.2, 0) is 0 Å². The minimum atomic E-state index is -0.657. The lowest BCUT2D eigenvalue weighted by Crippen LogP contribution is -2.29. The van der Waals surface area contributed by atoms with Crippen LogP contribution in [-0.4, -0.2) is 15.7 Å². The maximum absolute atomic E-state index is 8.99. The SMILES string of the molecule is Cc1ccc(C)c(-c2ccc(NC(C)(C)C#N)nn2)c1. The predicted octanol–water partition coefficient (Wildman–Crippen LogP) is 3.47. The van der Waals surface area contributed by atoms with Crippen molar-refractivity contribution in [1.82, 2.24) is 10.2 Å². The van der Waals surface area contributed by atoms with Gasteiger partial charge in [0.25, 0.3) is 0 Å². The van der Waals surface area contributed by atoms with Gasteiger partial charge in [-0.15, -0.1) is 10.2 Å². The van der Waals surface area contributed by atoms with Crippen molar-refractivity contribution in [3.05, 3.63) is 41.5 Å². The molecule has 0 aliphatic carbocycles. The molecule has 0 aliphatic rings. The summed E-state index contributed by atoms with van der Waals surface area (Å²) >= 11 is 0. The van der Waals surface area contributed by atoms with E-state index in [0.717, 1.165) is 11.3 Å². The van der Waals surface area contributed by atoms with Gasteiger partial charge in [0.05, 0.1) is 11.8 Å². The van der Waals surface area contributed by atoms with Crippen LogP contribution in [0.15, 0.2) is 30.3 Å². The van der Waals surface area contributed by atoms with E-state index in [1.54, 1.807) is 13.8 Å². The molecule has 0 fully saturated rings. The first kappa shape index (κ1) is 14.0. The third kappa shape index (κ3) is 3.12. The fraction of sp³-hybridized carbons (Fsp3) is 0.312. The third-order valence-electron chi connectivity index (χ3n) is 3.05. The molecule has 4 nitrogen and oxygen atoms in total. The average Bonchev–Trinajstić information content (AvgIpc) is 2.42. The first-order valence-corrected chi connectivity index (χ1v) is 6.52. The molecular weight excluding hydrogens is 248 g/mol. The second kappa shape index (κ2) is 5.30. The van der Waals surface area contributed by atoms with Crippen LogP contribution in [0.5, 0.6) is 0 Å². The van der Waals surface area contributed by atoms with Gasteiger partial charge in [-0.05, 0) is 51.5 Å². The number of hydrogen-bond acceptors (Lipinski definition) is 4. The van der Waals surface area contributed by atoms with Crippen molar-refractivity contribution in [2.24, 2.45) is 0 Å². The van der Waals surface area contributed by atoms with E-state index in [0.29, 0.717) is 5.82 Å². The summed E-state index contributed by atoms with van der Waals surface area (Å²) in [6.45, 7) is 7.71. The highest BCUT2D eigenvalue weighted by Crippen LogP contribution is 2.23. The summed E-state index contributed by atoms with van der Waals surface area (Å²) in [6.07, 6.45) is 0. The van der Waals surface area contributed by atoms with Crippen LogP contribution in [0.2, 0.25) is 0 Å². The summed E-state index contributed by atoms with van der Waals surface area (Å²) in [5.41, 5.74) is 3.63. The number of anilines is 1. The Morgan fingerprint density at radius 1 is 1.10 bits per heavy atom. The molecule has 0 spiro atoms. The molecule has 4 heteroatoms. The van der Waals surface area contributed by atoms with Crippen LogP contribution in [0.1, 0.15) is 25.0 Å². The van der Waals surface area contributed by atoms with Crippen molar-refractivity contribution in [3.8, 4) is 17.3 Å². The van der Waals surface area contributed by atoms with Gasteiger partial charge in [-0.2, -0.15) is 5.26 Å². The molecule has 20 heavy (non-hydrogen) atoms. The quantitative estimate of drug-likeness (QED) is 0.924. The van der Waals surface area contributed by atoms with Gasteiger partial charge in [-0.25, -0.2) is 0 Å². The van der Waals surface area contributed by atoms with E-state index in [2.05, 4.69) is 53.6 Å². The lowest BCUT2D eigenvalue weighted by molar-refractivity contribution is 0.719. The van der Waals surface area contributed by atoms with Gasteiger partial charge >= 0.3 is 0 Å². The van der Waals surface area contributed by atoms with Gasteiger partial charge in [-0.3, -0.25) is 0 Å². The van der Waals surface area contributed by atoms with Crippen molar-refractivity contribution in [3.63, 3.8) is 0 Å². The number of nitriles is 1. The Bertz CT molecular complexity index is 651. The summed E-state index contributed by atoms with van der Waals surface area (Å²) in [5, 5.41) is 20.4. The average molecular weight is 266 g/mol. The molecule has 1 N–H and O–H groups in total. The van der Waals surface area contributed by atoms with E-state index in [9.17, 15) is 0 Å². The van der Waals surface area contributed by atoms with E-state index in [-0.39, 0.29) is 0 Å². The highest BCUT2D eigenvalue weighted by atomic mass is 15.2. The Hall–Kier alpha value is -2.41. The first-order valence-electron chi connectivity index (χ1n) is 6.52. The maximum atomic E-state index is 8.99. The largest absolute Gasteiger partial charge is 0.351 e. The van der Waals surface area contributed by atoms with Gasteiger partial charge in [0.1, 0.15) is 11.4 Å². The number of nitrogens with zero attached hydrogens (tertiary/aromatic N) is 3. The topological polar surface area (TPSA) is 61.6 Å². The molecule has 2 aromatic rings. The highest BCUT2D eigenvalue weighted by molar-refractivity contribution is 5.64. The Morgan fingerprint density at radius 3 is 2.45 bits per heavy atom. The summed E-state index contributed by atoms with van der Waals surface area (Å²) in [4.78, 5) is 0. The Kier molecular flexibility index (Phi) is 3.71. The van der Waals surface area contributed by atoms with Gasteiger partial charge in [0, 0.05) is 5.56 Å². The predicted molar refractivity (Wildman–Crippen MR) is 80.3 cm³/mol. The monoisotopic (exact) mass is 266 g/mol. The fourth-order valence-electron chi connectivity index (χ4n) is 1.90. The molecule has 0 saturated carbocycles. The molecule has 0 amide bonds. The molecule has 1 heterocycles. The molecule has 0 radical (unpaired) electrons. The third-order valence-corrected chi connectivity index (χ3v) is 3.05. The molecule has 102 valence electrons. The van der Waals surface area contributed by atoms with Crippen LogP contribution in [0, 0.1) is 25.2 Å². The number of hydrogen-bond donors (Lipinski definition) is 1.